The Bertz CT molecular complexity index is 345. The Kier molecular flexibility index (Phi) is 1.79. The zero-order valence-electron chi connectivity index (χ0n) is 7.43. The summed E-state index contributed by atoms with van der Waals surface area (Å²) >= 11 is 0. The smallest absolute Gasteiger partial charge is 0.217 e. The van der Waals surface area contributed by atoms with Gasteiger partial charge in [-0.3, -0.25) is 14.8 Å². The topological polar surface area (TPSA) is 61.0 Å². The van der Waals surface area contributed by atoms with Gasteiger partial charge in [-0.25, -0.2) is 0 Å². The van der Waals surface area contributed by atoms with Crippen molar-refractivity contribution in [3.05, 3.63) is 27.6 Å². The molecular formula is C8H11N3O2. The van der Waals surface area contributed by atoms with E-state index in [1.165, 1.54) is 0 Å². The predicted molar refractivity (Wildman–Crippen MR) is 46.0 cm³/mol. The normalized spacial score (nSPS) is 21.2. The summed E-state index contributed by atoms with van der Waals surface area (Å²) in [5.74, 6) is 0. The van der Waals surface area contributed by atoms with Gasteiger partial charge in [0.2, 0.25) is 6.04 Å². The van der Waals surface area contributed by atoms with Crippen LogP contribution in [0.2, 0.25) is 0 Å². The first kappa shape index (κ1) is 8.22. The van der Waals surface area contributed by atoms with Crippen LogP contribution in [-0.2, 0) is 19.9 Å². The van der Waals surface area contributed by atoms with Crippen molar-refractivity contribution in [3.8, 4) is 0 Å². The average molecular weight is 181 g/mol. The van der Waals surface area contributed by atoms with Crippen molar-refractivity contribution in [2.24, 2.45) is 7.05 Å². The number of nitrogens with zero attached hydrogens (tertiary/aromatic N) is 3. The van der Waals surface area contributed by atoms with E-state index in [4.69, 9.17) is 0 Å². The minimum absolute atomic E-state index is 0.185. The van der Waals surface area contributed by atoms with Gasteiger partial charge >= 0.3 is 0 Å². The predicted octanol–water partition coefficient (Wildman–Crippen LogP) is 0.554. The van der Waals surface area contributed by atoms with Gasteiger partial charge in [0.25, 0.3) is 0 Å². The van der Waals surface area contributed by atoms with Crippen LogP contribution in [0, 0.1) is 10.1 Å². The quantitative estimate of drug-likeness (QED) is 0.469. The van der Waals surface area contributed by atoms with Gasteiger partial charge in [-0.05, 0) is 6.42 Å². The van der Waals surface area contributed by atoms with Crippen LogP contribution >= 0.6 is 0 Å². The second kappa shape index (κ2) is 2.83. The molecule has 70 valence electrons. The van der Waals surface area contributed by atoms with Crippen LogP contribution in [-0.4, -0.2) is 20.7 Å². The van der Waals surface area contributed by atoms with Gasteiger partial charge in [0.05, 0.1) is 5.69 Å². The molecule has 0 saturated carbocycles. The summed E-state index contributed by atoms with van der Waals surface area (Å²) < 4.78 is 1.73. The van der Waals surface area contributed by atoms with E-state index < -0.39 is 6.04 Å². The summed E-state index contributed by atoms with van der Waals surface area (Å²) in [6.07, 6.45) is 3.78. The van der Waals surface area contributed by atoms with Crippen molar-refractivity contribution in [3.63, 3.8) is 0 Å². The molecule has 0 spiro atoms. The Hall–Kier alpha value is -1.39. The molecule has 0 saturated heterocycles. The molecule has 0 N–H and O–H groups in total. The van der Waals surface area contributed by atoms with E-state index in [2.05, 4.69) is 5.10 Å². The minimum atomic E-state index is -0.406. The van der Waals surface area contributed by atoms with Gasteiger partial charge in [0.15, 0.2) is 0 Å². The second-order valence-corrected chi connectivity index (χ2v) is 3.46. The molecule has 1 aliphatic carbocycles. The monoisotopic (exact) mass is 181 g/mol. The summed E-state index contributed by atoms with van der Waals surface area (Å²) in [7, 11) is 1.85. The molecule has 1 heterocycles. The van der Waals surface area contributed by atoms with Crippen LogP contribution in [0.1, 0.15) is 17.7 Å². The first-order valence-electron chi connectivity index (χ1n) is 4.31. The van der Waals surface area contributed by atoms with Crippen LogP contribution in [0.4, 0.5) is 0 Å². The highest BCUT2D eigenvalue weighted by atomic mass is 16.6. The van der Waals surface area contributed by atoms with E-state index in [9.17, 15) is 10.1 Å². The zero-order chi connectivity index (χ0) is 9.42. The van der Waals surface area contributed by atoms with E-state index in [0.717, 1.165) is 17.7 Å². The maximum Gasteiger partial charge on any atom is 0.217 e. The first-order chi connectivity index (χ1) is 6.16. The Labute approximate surface area is 75.5 Å². The number of hydrogen-bond donors (Lipinski definition) is 0. The van der Waals surface area contributed by atoms with Gasteiger partial charge in [-0.1, -0.05) is 0 Å². The number of fused-ring (bicyclic) bond motifs is 1. The minimum Gasteiger partial charge on any atom is -0.275 e. The average Bonchev–Trinajstić information content (AvgIpc) is 2.42. The lowest BCUT2D eigenvalue weighted by atomic mass is 9.94. The van der Waals surface area contributed by atoms with E-state index in [1.807, 2.05) is 13.2 Å². The lowest BCUT2D eigenvalue weighted by molar-refractivity contribution is -0.523. The van der Waals surface area contributed by atoms with E-state index in [1.54, 1.807) is 4.68 Å². The highest BCUT2D eigenvalue weighted by Crippen LogP contribution is 2.21. The van der Waals surface area contributed by atoms with E-state index >= 15 is 0 Å². The molecular weight excluding hydrogens is 170 g/mol. The highest BCUT2D eigenvalue weighted by molar-refractivity contribution is 5.20. The van der Waals surface area contributed by atoms with Crippen LogP contribution in [0.3, 0.4) is 0 Å². The van der Waals surface area contributed by atoms with Gasteiger partial charge in [-0.15, -0.1) is 0 Å². The number of rotatable bonds is 1. The maximum atomic E-state index is 10.5. The van der Waals surface area contributed by atoms with Crippen LogP contribution < -0.4 is 0 Å². The third kappa shape index (κ3) is 1.41. The molecule has 0 fully saturated rings. The van der Waals surface area contributed by atoms with Crippen molar-refractivity contribution in [1.82, 2.24) is 9.78 Å². The summed E-state index contributed by atoms with van der Waals surface area (Å²) in [6.45, 7) is 0. The van der Waals surface area contributed by atoms with Gasteiger partial charge in [-0.2, -0.15) is 5.10 Å². The molecule has 0 aliphatic heterocycles. The molecule has 1 aromatic rings. The fourth-order valence-corrected chi connectivity index (χ4v) is 1.80. The molecule has 5 heteroatoms. The fraction of sp³-hybridized carbons (Fsp3) is 0.625. The number of aryl methyl sites for hydroxylation is 2. The SMILES string of the molecule is Cn1cc2c(n1)CCC([N+](=O)[O-])C2. The van der Waals surface area contributed by atoms with Gasteiger partial charge in [0, 0.05) is 36.6 Å². The summed E-state index contributed by atoms with van der Waals surface area (Å²) in [5, 5.41) is 14.8. The van der Waals surface area contributed by atoms with E-state index in [0.29, 0.717) is 12.8 Å². The molecule has 1 aliphatic rings. The van der Waals surface area contributed by atoms with Crippen molar-refractivity contribution in [1.29, 1.82) is 0 Å². The fourth-order valence-electron chi connectivity index (χ4n) is 1.80. The number of aromatic nitrogens is 2. The Morgan fingerprint density at radius 3 is 3.23 bits per heavy atom. The van der Waals surface area contributed by atoms with E-state index in [-0.39, 0.29) is 4.92 Å². The molecule has 1 aromatic heterocycles. The number of nitro groups is 1. The second-order valence-electron chi connectivity index (χ2n) is 3.46. The Morgan fingerprint density at radius 2 is 2.54 bits per heavy atom. The summed E-state index contributed by atoms with van der Waals surface area (Å²) in [4.78, 5) is 10.4. The van der Waals surface area contributed by atoms with Crippen LogP contribution in [0.25, 0.3) is 0 Å². The third-order valence-electron chi connectivity index (χ3n) is 2.46. The summed E-state index contributed by atoms with van der Waals surface area (Å²) in [5.41, 5.74) is 2.07. The zero-order valence-corrected chi connectivity index (χ0v) is 7.43. The molecule has 5 nitrogen and oxygen atoms in total. The molecule has 0 aromatic carbocycles. The largest absolute Gasteiger partial charge is 0.275 e. The van der Waals surface area contributed by atoms with Crippen LogP contribution in [0.5, 0.6) is 0 Å². The van der Waals surface area contributed by atoms with Crippen molar-refractivity contribution >= 4 is 0 Å². The lowest BCUT2D eigenvalue weighted by Gasteiger charge is -2.13. The van der Waals surface area contributed by atoms with Gasteiger partial charge < -0.3 is 0 Å². The molecule has 13 heavy (non-hydrogen) atoms. The molecule has 2 rings (SSSR count). The summed E-state index contributed by atoms with van der Waals surface area (Å²) in [6, 6.07) is -0.406. The molecule has 0 radical (unpaired) electrons. The molecule has 1 unspecified atom stereocenters. The Morgan fingerprint density at radius 1 is 1.77 bits per heavy atom. The number of hydrogen-bond acceptors (Lipinski definition) is 3. The van der Waals surface area contributed by atoms with Crippen molar-refractivity contribution in [2.45, 2.75) is 25.3 Å². The maximum absolute atomic E-state index is 10.5. The van der Waals surface area contributed by atoms with Crippen molar-refractivity contribution < 1.29 is 4.92 Å². The highest BCUT2D eigenvalue weighted by Gasteiger charge is 2.28. The molecule has 0 bridgehead atoms. The van der Waals surface area contributed by atoms with Gasteiger partial charge in [0.1, 0.15) is 0 Å². The third-order valence-corrected chi connectivity index (χ3v) is 2.46. The van der Waals surface area contributed by atoms with Crippen LogP contribution in [0.15, 0.2) is 6.20 Å². The van der Waals surface area contributed by atoms with Crippen molar-refractivity contribution in [2.75, 3.05) is 0 Å². The molecule has 1 atom stereocenters. The lowest BCUT2D eigenvalue weighted by Crippen LogP contribution is -2.26. The first-order valence-corrected chi connectivity index (χ1v) is 4.31. The Balaban J connectivity index is 2.24. The standard InChI is InChI=1S/C8H11N3O2/c1-10-5-6-4-7(11(12)13)2-3-8(6)9-10/h5,7H,2-4H2,1H3. The molecule has 0 amide bonds.